The molecule has 31 heavy (non-hydrogen) atoms. The van der Waals surface area contributed by atoms with Crippen molar-refractivity contribution in [1.29, 1.82) is 0 Å². The Kier molecular flexibility index (Phi) is 7.87. The van der Waals surface area contributed by atoms with Crippen LogP contribution in [0.4, 0.5) is 11.4 Å². The Morgan fingerprint density at radius 2 is 1.74 bits per heavy atom. The summed E-state index contributed by atoms with van der Waals surface area (Å²) in [6.07, 6.45) is 0. The van der Waals surface area contributed by atoms with E-state index in [1.165, 1.54) is 0 Å². The molecular weight excluding hydrogens is 524 g/mol. The quantitative estimate of drug-likeness (QED) is 0.384. The van der Waals surface area contributed by atoms with Crippen molar-refractivity contribution in [2.24, 2.45) is 0 Å². The number of amides is 2. The van der Waals surface area contributed by atoms with E-state index in [1.54, 1.807) is 29.2 Å². The lowest BCUT2D eigenvalue weighted by Gasteiger charge is -2.21. The largest absolute Gasteiger partial charge is 0.482 e. The molecule has 0 radical (unpaired) electrons. The van der Waals surface area contributed by atoms with Gasteiger partial charge in [-0.3, -0.25) is 9.59 Å². The molecule has 2 amide bonds. The Labute approximate surface area is 198 Å². The third kappa shape index (κ3) is 5.95. The van der Waals surface area contributed by atoms with Crippen molar-refractivity contribution >= 4 is 55.0 Å². The first-order chi connectivity index (χ1) is 14.9. The second kappa shape index (κ2) is 10.6. The van der Waals surface area contributed by atoms with Gasteiger partial charge in [-0.2, -0.15) is 0 Å². The van der Waals surface area contributed by atoms with Crippen LogP contribution in [0, 0.1) is 6.92 Å². The van der Waals surface area contributed by atoms with Gasteiger partial charge in [0.2, 0.25) is 0 Å². The minimum absolute atomic E-state index is 0.129. The molecule has 5 nitrogen and oxygen atoms in total. The number of halogens is 2. The maximum Gasteiger partial charge on any atom is 0.262 e. The molecule has 160 valence electrons. The van der Waals surface area contributed by atoms with Crippen molar-refractivity contribution in [3.63, 3.8) is 0 Å². The molecule has 1 N–H and O–H groups in total. The average Bonchev–Trinajstić information content (AvgIpc) is 2.74. The Morgan fingerprint density at radius 1 is 1.00 bits per heavy atom. The van der Waals surface area contributed by atoms with Gasteiger partial charge in [-0.25, -0.2) is 0 Å². The highest BCUT2D eigenvalue weighted by Crippen LogP contribution is 2.32. The van der Waals surface area contributed by atoms with Gasteiger partial charge >= 0.3 is 0 Å². The van der Waals surface area contributed by atoms with Crippen molar-refractivity contribution in [2.45, 2.75) is 13.8 Å². The van der Waals surface area contributed by atoms with Crippen molar-refractivity contribution in [3.05, 3.63) is 86.8 Å². The number of hydrogen-bond acceptors (Lipinski definition) is 3. The highest BCUT2D eigenvalue weighted by molar-refractivity contribution is 9.11. The SMILES string of the molecule is CCN(C(=O)c1cccc(NC(=O)COc2c(C)cc(Br)cc2Br)c1)c1ccccc1. The molecule has 0 atom stereocenters. The molecule has 3 rings (SSSR count). The van der Waals surface area contributed by atoms with Gasteiger partial charge < -0.3 is 15.0 Å². The van der Waals surface area contributed by atoms with E-state index in [1.807, 2.05) is 56.3 Å². The van der Waals surface area contributed by atoms with Crippen molar-refractivity contribution in [3.8, 4) is 5.75 Å². The predicted molar refractivity (Wildman–Crippen MR) is 131 cm³/mol. The van der Waals surface area contributed by atoms with E-state index in [9.17, 15) is 9.59 Å². The van der Waals surface area contributed by atoms with Gasteiger partial charge in [0.1, 0.15) is 5.75 Å². The van der Waals surface area contributed by atoms with Crippen LogP contribution < -0.4 is 15.0 Å². The van der Waals surface area contributed by atoms with Gasteiger partial charge in [-0.1, -0.05) is 40.2 Å². The minimum Gasteiger partial charge on any atom is -0.482 e. The molecule has 0 aliphatic carbocycles. The van der Waals surface area contributed by atoms with Crippen LogP contribution >= 0.6 is 31.9 Å². The summed E-state index contributed by atoms with van der Waals surface area (Å²) in [5, 5.41) is 2.80. The van der Waals surface area contributed by atoms with Gasteiger partial charge in [0, 0.05) is 28.0 Å². The topological polar surface area (TPSA) is 58.6 Å². The fourth-order valence-electron chi connectivity index (χ4n) is 3.14. The van der Waals surface area contributed by atoms with E-state index < -0.39 is 0 Å². The van der Waals surface area contributed by atoms with E-state index in [0.717, 1.165) is 20.2 Å². The zero-order valence-electron chi connectivity index (χ0n) is 17.2. The maximum atomic E-state index is 13.0. The zero-order valence-corrected chi connectivity index (χ0v) is 20.4. The predicted octanol–water partition coefficient (Wildman–Crippen LogP) is 6.20. The third-order valence-corrected chi connectivity index (χ3v) is 5.61. The van der Waals surface area contributed by atoms with Crippen molar-refractivity contribution in [2.75, 3.05) is 23.4 Å². The molecular formula is C24H22Br2N2O3. The lowest BCUT2D eigenvalue weighted by Crippen LogP contribution is -2.30. The molecule has 0 heterocycles. The number of carbonyl (C=O) groups excluding carboxylic acids is 2. The minimum atomic E-state index is -0.311. The molecule has 0 saturated carbocycles. The maximum absolute atomic E-state index is 13.0. The van der Waals surface area contributed by atoms with E-state index in [4.69, 9.17) is 4.74 Å². The molecule has 0 spiro atoms. The monoisotopic (exact) mass is 544 g/mol. The first-order valence-electron chi connectivity index (χ1n) is 9.74. The van der Waals surface area contributed by atoms with E-state index in [-0.39, 0.29) is 18.4 Å². The standard InChI is InChI=1S/C24H22Br2N2O3/c1-3-28(20-10-5-4-6-11-20)24(30)17-8-7-9-19(13-17)27-22(29)15-31-23-16(2)12-18(25)14-21(23)26/h4-14H,3,15H2,1-2H3,(H,27,29). The Bertz CT molecular complexity index is 1060. The van der Waals surface area contributed by atoms with E-state index in [0.29, 0.717) is 23.5 Å². The molecule has 0 aromatic heterocycles. The third-order valence-electron chi connectivity index (χ3n) is 4.56. The number of hydrogen-bond donors (Lipinski definition) is 1. The number of ether oxygens (including phenoxy) is 1. The molecule has 0 aliphatic rings. The van der Waals surface area contributed by atoms with Gasteiger partial charge in [0.25, 0.3) is 11.8 Å². The number of nitrogens with zero attached hydrogens (tertiary/aromatic N) is 1. The Hall–Kier alpha value is -2.64. The first kappa shape index (κ1) is 23.0. The molecule has 7 heteroatoms. The molecule has 0 bridgehead atoms. The molecule has 0 saturated heterocycles. The van der Waals surface area contributed by atoms with Crippen LogP contribution in [0.3, 0.4) is 0 Å². The average molecular weight is 546 g/mol. The van der Waals surface area contributed by atoms with Crippen LogP contribution in [-0.2, 0) is 4.79 Å². The summed E-state index contributed by atoms with van der Waals surface area (Å²) in [6.45, 7) is 4.22. The summed E-state index contributed by atoms with van der Waals surface area (Å²) >= 11 is 6.88. The van der Waals surface area contributed by atoms with Crippen LogP contribution in [0.1, 0.15) is 22.8 Å². The summed E-state index contributed by atoms with van der Waals surface area (Å²) in [5.74, 6) is 0.174. The van der Waals surface area contributed by atoms with Crippen molar-refractivity contribution < 1.29 is 14.3 Å². The summed E-state index contributed by atoms with van der Waals surface area (Å²) in [5.41, 5.74) is 2.77. The normalized spacial score (nSPS) is 10.5. The van der Waals surface area contributed by atoms with Gasteiger partial charge in [-0.05, 0) is 77.8 Å². The lowest BCUT2D eigenvalue weighted by atomic mass is 10.1. The number of carbonyl (C=O) groups is 2. The van der Waals surface area contributed by atoms with Crippen LogP contribution in [0.2, 0.25) is 0 Å². The zero-order chi connectivity index (χ0) is 22.4. The second-order valence-electron chi connectivity index (χ2n) is 6.84. The number of rotatable bonds is 7. The summed E-state index contributed by atoms with van der Waals surface area (Å²) in [6, 6.07) is 20.2. The fourth-order valence-corrected chi connectivity index (χ4v) is 4.70. The Balaban J connectivity index is 1.67. The van der Waals surface area contributed by atoms with Crippen LogP contribution in [0.25, 0.3) is 0 Å². The molecule has 0 unspecified atom stereocenters. The first-order valence-corrected chi connectivity index (χ1v) is 11.3. The van der Waals surface area contributed by atoms with Crippen LogP contribution in [0.5, 0.6) is 5.75 Å². The molecule has 0 aliphatic heterocycles. The highest BCUT2D eigenvalue weighted by Gasteiger charge is 2.17. The van der Waals surface area contributed by atoms with E-state index in [2.05, 4.69) is 37.2 Å². The summed E-state index contributed by atoms with van der Waals surface area (Å²) in [7, 11) is 0. The summed E-state index contributed by atoms with van der Waals surface area (Å²) in [4.78, 5) is 27.1. The Morgan fingerprint density at radius 3 is 2.42 bits per heavy atom. The number of nitrogens with one attached hydrogen (secondary N) is 1. The molecule has 3 aromatic carbocycles. The van der Waals surface area contributed by atoms with Crippen LogP contribution in [-0.4, -0.2) is 25.0 Å². The number of aryl methyl sites for hydroxylation is 1. The fraction of sp³-hybridized carbons (Fsp3) is 0.167. The van der Waals surface area contributed by atoms with Gasteiger partial charge in [-0.15, -0.1) is 0 Å². The van der Waals surface area contributed by atoms with Gasteiger partial charge in [0.15, 0.2) is 6.61 Å². The number of para-hydroxylation sites is 1. The van der Waals surface area contributed by atoms with Crippen LogP contribution in [0.15, 0.2) is 75.7 Å². The number of anilines is 2. The molecule has 3 aromatic rings. The van der Waals surface area contributed by atoms with E-state index >= 15 is 0 Å². The smallest absolute Gasteiger partial charge is 0.262 e. The lowest BCUT2D eigenvalue weighted by molar-refractivity contribution is -0.118. The highest BCUT2D eigenvalue weighted by atomic mass is 79.9. The second-order valence-corrected chi connectivity index (χ2v) is 8.61. The molecule has 0 fully saturated rings. The number of benzene rings is 3. The summed E-state index contributed by atoms with van der Waals surface area (Å²) < 4.78 is 7.38. The van der Waals surface area contributed by atoms with Gasteiger partial charge in [0.05, 0.1) is 4.47 Å². The van der Waals surface area contributed by atoms with Crippen molar-refractivity contribution in [1.82, 2.24) is 0 Å².